The number of nitrogens with one attached hydrogen (secondary N) is 1. The quantitative estimate of drug-likeness (QED) is 0.926. The Bertz CT molecular complexity index is 526. The van der Waals surface area contributed by atoms with Crippen molar-refractivity contribution in [3.8, 4) is 0 Å². The zero-order chi connectivity index (χ0) is 14.5. The third-order valence-electron chi connectivity index (χ3n) is 4.58. The summed E-state index contributed by atoms with van der Waals surface area (Å²) in [5.41, 5.74) is 1.35. The van der Waals surface area contributed by atoms with Crippen molar-refractivity contribution in [2.75, 3.05) is 0 Å². The van der Waals surface area contributed by atoms with Crippen LogP contribution in [0.25, 0.3) is 0 Å². The number of benzene rings is 1. The molecule has 1 N–H and O–H groups in total. The van der Waals surface area contributed by atoms with Gasteiger partial charge in [0, 0.05) is 11.1 Å². The Kier molecular flexibility index (Phi) is 3.30. The van der Waals surface area contributed by atoms with Crippen LogP contribution in [0.3, 0.4) is 0 Å². The summed E-state index contributed by atoms with van der Waals surface area (Å²) in [7, 11) is 0. The molecule has 0 spiro atoms. The van der Waals surface area contributed by atoms with Gasteiger partial charge in [-0.15, -0.1) is 0 Å². The van der Waals surface area contributed by atoms with Crippen LogP contribution in [0.2, 0.25) is 5.02 Å². The summed E-state index contributed by atoms with van der Waals surface area (Å²) in [4.78, 5) is 14.6. The summed E-state index contributed by atoms with van der Waals surface area (Å²) < 4.78 is 0. The first-order valence-electron chi connectivity index (χ1n) is 7.28. The molecule has 1 aliphatic heterocycles. The minimum atomic E-state index is -0.0629. The van der Waals surface area contributed by atoms with E-state index in [1.165, 1.54) is 0 Å². The molecule has 2 aliphatic rings. The predicted octanol–water partition coefficient (Wildman–Crippen LogP) is 3.35. The molecular weight excluding hydrogens is 272 g/mol. The van der Waals surface area contributed by atoms with Gasteiger partial charge in [-0.1, -0.05) is 44.5 Å². The largest absolute Gasteiger partial charge is 0.318 e. The predicted molar refractivity (Wildman–Crippen MR) is 80.4 cm³/mol. The van der Waals surface area contributed by atoms with Crippen LogP contribution in [0.5, 0.6) is 0 Å². The van der Waals surface area contributed by atoms with E-state index in [1.807, 2.05) is 24.3 Å². The third-order valence-corrected chi connectivity index (χ3v) is 4.83. The van der Waals surface area contributed by atoms with Crippen LogP contribution in [0.15, 0.2) is 24.3 Å². The van der Waals surface area contributed by atoms with E-state index >= 15 is 0 Å². The van der Waals surface area contributed by atoms with E-state index in [0.717, 1.165) is 23.4 Å². The zero-order valence-electron chi connectivity index (χ0n) is 12.2. The SMILES string of the molecule is CCC1NC(c2ccc(Cl)cc2)N(C2CC2(C)C)C1=O. The van der Waals surface area contributed by atoms with Crippen LogP contribution in [0, 0.1) is 5.41 Å². The Balaban J connectivity index is 1.91. The van der Waals surface area contributed by atoms with Crippen molar-refractivity contribution in [1.82, 2.24) is 10.2 Å². The molecule has 3 nitrogen and oxygen atoms in total. The van der Waals surface area contributed by atoms with Gasteiger partial charge in [0.05, 0.1) is 6.04 Å². The summed E-state index contributed by atoms with van der Waals surface area (Å²) in [5, 5.41) is 4.19. The topological polar surface area (TPSA) is 32.3 Å². The van der Waals surface area contributed by atoms with Crippen molar-refractivity contribution < 1.29 is 4.79 Å². The second-order valence-corrected chi connectivity index (χ2v) is 6.97. The highest BCUT2D eigenvalue weighted by Gasteiger charge is 2.56. The van der Waals surface area contributed by atoms with Gasteiger partial charge in [-0.2, -0.15) is 0 Å². The molecule has 4 heteroatoms. The molecule has 3 rings (SSSR count). The van der Waals surface area contributed by atoms with Gasteiger partial charge in [-0.25, -0.2) is 0 Å². The van der Waals surface area contributed by atoms with Crippen molar-refractivity contribution in [1.29, 1.82) is 0 Å². The summed E-state index contributed by atoms with van der Waals surface area (Å²) >= 11 is 5.96. The van der Waals surface area contributed by atoms with Crippen LogP contribution >= 0.6 is 11.6 Å². The lowest BCUT2D eigenvalue weighted by molar-refractivity contribution is -0.131. The van der Waals surface area contributed by atoms with E-state index in [2.05, 4.69) is 31.0 Å². The number of hydrogen-bond donors (Lipinski definition) is 1. The molecule has 1 aliphatic carbocycles. The number of halogens is 1. The molecule has 1 amide bonds. The van der Waals surface area contributed by atoms with Crippen LogP contribution in [0.4, 0.5) is 0 Å². The highest BCUT2D eigenvalue weighted by molar-refractivity contribution is 6.30. The minimum Gasteiger partial charge on any atom is -0.318 e. The van der Waals surface area contributed by atoms with Gasteiger partial charge >= 0.3 is 0 Å². The highest BCUT2D eigenvalue weighted by Crippen LogP contribution is 2.52. The molecule has 0 radical (unpaired) electrons. The molecular formula is C16H21ClN2O. The fraction of sp³-hybridized carbons (Fsp3) is 0.562. The molecule has 1 aromatic carbocycles. The van der Waals surface area contributed by atoms with Gasteiger partial charge in [-0.05, 0) is 36.0 Å². The lowest BCUT2D eigenvalue weighted by Crippen LogP contribution is -2.35. The molecule has 3 atom stereocenters. The van der Waals surface area contributed by atoms with Crippen LogP contribution in [0.1, 0.15) is 45.3 Å². The number of carbonyl (C=O) groups is 1. The van der Waals surface area contributed by atoms with Crippen molar-refractivity contribution in [2.45, 2.75) is 51.9 Å². The Labute approximate surface area is 125 Å². The second kappa shape index (κ2) is 4.74. The lowest BCUT2D eigenvalue weighted by atomic mass is 10.1. The zero-order valence-corrected chi connectivity index (χ0v) is 12.9. The summed E-state index contributed by atoms with van der Waals surface area (Å²) in [6.07, 6.45) is 1.89. The average molecular weight is 293 g/mol. The van der Waals surface area contributed by atoms with E-state index in [-0.39, 0.29) is 23.5 Å². The third kappa shape index (κ3) is 2.23. The maximum atomic E-state index is 12.6. The maximum Gasteiger partial charge on any atom is 0.241 e. The Morgan fingerprint density at radius 2 is 1.95 bits per heavy atom. The second-order valence-electron chi connectivity index (χ2n) is 6.54. The van der Waals surface area contributed by atoms with Crippen LogP contribution in [-0.4, -0.2) is 22.9 Å². The van der Waals surface area contributed by atoms with Gasteiger partial charge in [0.15, 0.2) is 0 Å². The summed E-state index contributed by atoms with van der Waals surface area (Å²) in [6.45, 7) is 6.50. The van der Waals surface area contributed by atoms with E-state index in [9.17, 15) is 4.79 Å². The lowest BCUT2D eigenvalue weighted by Gasteiger charge is -2.26. The average Bonchev–Trinajstić information content (AvgIpc) is 2.90. The molecule has 0 bridgehead atoms. The fourth-order valence-corrected chi connectivity index (χ4v) is 3.22. The smallest absolute Gasteiger partial charge is 0.241 e. The van der Waals surface area contributed by atoms with E-state index < -0.39 is 0 Å². The molecule has 1 saturated heterocycles. The normalized spacial score (nSPS) is 31.7. The molecule has 1 aromatic rings. The molecule has 1 heterocycles. The number of amides is 1. The number of carbonyl (C=O) groups excluding carboxylic acids is 1. The van der Waals surface area contributed by atoms with Gasteiger partial charge in [0.1, 0.15) is 6.17 Å². The van der Waals surface area contributed by atoms with E-state index in [1.54, 1.807) is 0 Å². The van der Waals surface area contributed by atoms with Crippen LogP contribution in [-0.2, 0) is 4.79 Å². The summed E-state index contributed by atoms with van der Waals surface area (Å²) in [5.74, 6) is 0.239. The first-order valence-corrected chi connectivity index (χ1v) is 7.65. The summed E-state index contributed by atoms with van der Waals surface area (Å²) in [6, 6.07) is 8.07. The van der Waals surface area contributed by atoms with Crippen LogP contribution < -0.4 is 5.32 Å². The monoisotopic (exact) mass is 292 g/mol. The van der Waals surface area contributed by atoms with Gasteiger partial charge in [0.25, 0.3) is 0 Å². The molecule has 20 heavy (non-hydrogen) atoms. The number of rotatable bonds is 3. The van der Waals surface area contributed by atoms with Gasteiger partial charge in [-0.3, -0.25) is 10.1 Å². The highest BCUT2D eigenvalue weighted by atomic mass is 35.5. The molecule has 0 aromatic heterocycles. The molecule has 1 saturated carbocycles. The van der Waals surface area contributed by atoms with Crippen molar-refractivity contribution in [3.05, 3.63) is 34.9 Å². The molecule has 2 fully saturated rings. The maximum absolute atomic E-state index is 12.6. The Hall–Kier alpha value is -1.06. The van der Waals surface area contributed by atoms with Gasteiger partial charge in [0.2, 0.25) is 5.91 Å². The number of hydrogen-bond acceptors (Lipinski definition) is 2. The van der Waals surface area contributed by atoms with Gasteiger partial charge < -0.3 is 4.90 Å². The van der Waals surface area contributed by atoms with Crippen molar-refractivity contribution >= 4 is 17.5 Å². The first kappa shape index (κ1) is 13.9. The van der Waals surface area contributed by atoms with E-state index in [4.69, 9.17) is 11.6 Å². The molecule has 3 unspecified atom stereocenters. The van der Waals surface area contributed by atoms with Crippen molar-refractivity contribution in [3.63, 3.8) is 0 Å². The first-order chi connectivity index (χ1) is 9.44. The standard InChI is InChI=1S/C16H21ClN2O/c1-4-12-15(20)19(13-9-16(13,2)3)14(18-12)10-5-7-11(17)8-6-10/h5-8,12-14,18H,4,9H2,1-3H3. The number of nitrogens with zero attached hydrogens (tertiary/aromatic N) is 1. The van der Waals surface area contributed by atoms with Crippen molar-refractivity contribution in [2.24, 2.45) is 5.41 Å². The Morgan fingerprint density at radius 1 is 1.35 bits per heavy atom. The Morgan fingerprint density at radius 3 is 2.45 bits per heavy atom. The minimum absolute atomic E-state index is 0.0171. The van der Waals surface area contributed by atoms with E-state index in [0.29, 0.717) is 6.04 Å². The fourth-order valence-electron chi connectivity index (χ4n) is 3.09. The molecule has 108 valence electrons.